The molecule has 1 atom stereocenters. The van der Waals surface area contributed by atoms with Gasteiger partial charge in [-0.1, -0.05) is 84.0 Å². The second kappa shape index (κ2) is 11.8. The third kappa shape index (κ3) is 8.68. The lowest BCUT2D eigenvalue weighted by Crippen LogP contribution is -2.15. The Morgan fingerprint density at radius 3 is 2.16 bits per heavy atom. The van der Waals surface area contributed by atoms with Crippen molar-refractivity contribution >= 4 is 0 Å². The second-order valence-corrected chi connectivity index (χ2v) is 6.72. The summed E-state index contributed by atoms with van der Waals surface area (Å²) in [7, 11) is 0. The fraction of sp³-hybridized carbons (Fsp3) is 1.00. The Balaban J connectivity index is 1.98. The first-order valence-electron chi connectivity index (χ1n) is 9.01. The molecule has 0 saturated heterocycles. The molecule has 1 heteroatoms. The van der Waals surface area contributed by atoms with Crippen LogP contribution in [0.25, 0.3) is 0 Å². The van der Waals surface area contributed by atoms with E-state index in [1.54, 1.807) is 0 Å². The first-order valence-corrected chi connectivity index (χ1v) is 9.01. The quantitative estimate of drug-likeness (QED) is 0.410. The second-order valence-electron chi connectivity index (χ2n) is 6.72. The Morgan fingerprint density at radius 1 is 0.895 bits per heavy atom. The number of rotatable bonds is 11. The zero-order valence-corrected chi connectivity index (χ0v) is 13.3. The van der Waals surface area contributed by atoms with Gasteiger partial charge in [-0.15, -0.1) is 0 Å². The van der Waals surface area contributed by atoms with E-state index in [0.29, 0.717) is 12.5 Å². The van der Waals surface area contributed by atoms with Gasteiger partial charge in [-0.05, 0) is 24.7 Å². The molecule has 1 N–H and O–H groups in total. The Hall–Kier alpha value is -0.0400. The highest BCUT2D eigenvalue weighted by molar-refractivity contribution is 4.71. The Labute approximate surface area is 121 Å². The molecule has 0 aliphatic heterocycles. The van der Waals surface area contributed by atoms with E-state index in [4.69, 9.17) is 5.73 Å². The maximum atomic E-state index is 7.75. The lowest BCUT2D eigenvalue weighted by molar-refractivity contribution is 0.277. The number of hydrogen-bond donors (Lipinski definition) is 0. The van der Waals surface area contributed by atoms with Crippen molar-refractivity contribution in [3.05, 3.63) is 0 Å². The van der Waals surface area contributed by atoms with Gasteiger partial charge in [-0.3, -0.25) is 5.73 Å². The van der Waals surface area contributed by atoms with Crippen LogP contribution < -0.4 is 5.73 Å². The molecule has 0 bridgehead atoms. The van der Waals surface area contributed by atoms with Gasteiger partial charge < -0.3 is 0 Å². The molecule has 1 fully saturated rings. The van der Waals surface area contributed by atoms with Crippen LogP contribution in [0.15, 0.2) is 0 Å². The van der Waals surface area contributed by atoms with Crippen LogP contribution in [0, 0.1) is 11.8 Å². The van der Waals surface area contributed by atoms with Gasteiger partial charge in [-0.2, -0.15) is 0 Å². The predicted molar refractivity (Wildman–Crippen MR) is 85.3 cm³/mol. The maximum absolute atomic E-state index is 7.75. The monoisotopic (exact) mass is 266 g/mol. The highest BCUT2D eigenvalue weighted by Crippen LogP contribution is 2.30. The van der Waals surface area contributed by atoms with Crippen molar-refractivity contribution in [2.45, 2.75) is 96.8 Å². The van der Waals surface area contributed by atoms with Crippen LogP contribution in [0.5, 0.6) is 0 Å². The van der Waals surface area contributed by atoms with Crippen molar-refractivity contribution in [2.24, 2.45) is 11.8 Å². The van der Waals surface area contributed by atoms with E-state index in [9.17, 15) is 0 Å². The van der Waals surface area contributed by atoms with Crippen LogP contribution in [-0.2, 0) is 0 Å². The molecule has 113 valence electrons. The first-order chi connectivity index (χ1) is 9.36. The summed E-state index contributed by atoms with van der Waals surface area (Å²) in [5, 5.41) is 0. The van der Waals surface area contributed by atoms with E-state index in [1.165, 1.54) is 89.9 Å². The van der Waals surface area contributed by atoms with Crippen molar-refractivity contribution in [1.82, 2.24) is 5.73 Å². The highest BCUT2D eigenvalue weighted by atomic mass is 14.5. The van der Waals surface area contributed by atoms with E-state index < -0.39 is 0 Å². The minimum Gasteiger partial charge on any atom is -0.258 e. The van der Waals surface area contributed by atoms with Crippen molar-refractivity contribution in [2.75, 3.05) is 6.54 Å². The summed E-state index contributed by atoms with van der Waals surface area (Å²) >= 11 is 0. The van der Waals surface area contributed by atoms with Crippen LogP contribution in [0.2, 0.25) is 0 Å². The molecule has 19 heavy (non-hydrogen) atoms. The number of unbranched alkanes of at least 4 members (excludes halogenated alkanes) is 6. The number of nitrogens with one attached hydrogen (secondary N) is 1. The highest BCUT2D eigenvalue weighted by Gasteiger charge is 2.17. The topological polar surface area (TPSA) is 23.8 Å². The zero-order valence-electron chi connectivity index (χ0n) is 13.3. The molecule has 0 amide bonds. The molecule has 0 heterocycles. The molecular formula is C18H36N. The SMILES string of the molecule is CCCCCCCCCC(C[NH])CC1CCCCC1. The molecule has 0 aromatic rings. The van der Waals surface area contributed by atoms with Crippen LogP contribution in [0.3, 0.4) is 0 Å². The molecule has 1 saturated carbocycles. The van der Waals surface area contributed by atoms with Crippen molar-refractivity contribution in [3.8, 4) is 0 Å². The van der Waals surface area contributed by atoms with Gasteiger partial charge in [0.15, 0.2) is 0 Å². The van der Waals surface area contributed by atoms with Gasteiger partial charge in [0.25, 0.3) is 0 Å². The standard InChI is InChI=1S/C18H36N/c1-2-3-4-5-6-7-9-14-18(16-19)15-17-12-10-8-11-13-17/h17-19H,2-16H2,1H3. The molecule has 0 aromatic heterocycles. The Bertz CT molecular complexity index is 184. The average molecular weight is 266 g/mol. The summed E-state index contributed by atoms with van der Waals surface area (Å²) in [6.45, 7) is 2.95. The van der Waals surface area contributed by atoms with Gasteiger partial charge >= 0.3 is 0 Å². The lowest BCUT2D eigenvalue weighted by Gasteiger charge is -2.25. The smallest absolute Gasteiger partial charge is 0.0128 e. The summed E-state index contributed by atoms with van der Waals surface area (Å²) in [5.74, 6) is 1.67. The molecule has 1 nitrogen and oxygen atoms in total. The van der Waals surface area contributed by atoms with Crippen molar-refractivity contribution < 1.29 is 0 Å². The van der Waals surface area contributed by atoms with Gasteiger partial charge in [-0.25, -0.2) is 0 Å². The van der Waals surface area contributed by atoms with E-state index in [1.807, 2.05) is 0 Å². The summed E-state index contributed by atoms with van der Waals surface area (Å²) in [6, 6.07) is 0. The molecular weight excluding hydrogens is 230 g/mol. The maximum Gasteiger partial charge on any atom is 0.0128 e. The first kappa shape index (κ1) is 17.0. The predicted octanol–water partition coefficient (Wildman–Crippen LogP) is 6.00. The van der Waals surface area contributed by atoms with Crippen LogP contribution in [0.4, 0.5) is 0 Å². The third-order valence-electron chi connectivity index (χ3n) is 4.90. The van der Waals surface area contributed by atoms with E-state index in [-0.39, 0.29) is 0 Å². The summed E-state index contributed by atoms with van der Waals surface area (Å²) in [5.41, 5.74) is 7.75. The van der Waals surface area contributed by atoms with E-state index in [0.717, 1.165) is 5.92 Å². The Kier molecular flexibility index (Phi) is 10.5. The van der Waals surface area contributed by atoms with Crippen LogP contribution >= 0.6 is 0 Å². The van der Waals surface area contributed by atoms with Crippen LogP contribution in [0.1, 0.15) is 96.8 Å². The third-order valence-corrected chi connectivity index (χ3v) is 4.90. The Morgan fingerprint density at radius 2 is 1.53 bits per heavy atom. The summed E-state index contributed by atoms with van der Waals surface area (Å²) in [6.07, 6.45) is 19.8. The molecule has 1 aliphatic carbocycles. The fourth-order valence-electron chi connectivity index (χ4n) is 3.59. The normalized spacial score (nSPS) is 18.6. The molecule has 0 aromatic carbocycles. The van der Waals surface area contributed by atoms with Gasteiger partial charge in [0, 0.05) is 6.54 Å². The fourth-order valence-corrected chi connectivity index (χ4v) is 3.59. The zero-order chi connectivity index (χ0) is 13.8. The molecule has 0 spiro atoms. The van der Waals surface area contributed by atoms with Gasteiger partial charge in [0.2, 0.25) is 0 Å². The molecule has 1 unspecified atom stereocenters. The van der Waals surface area contributed by atoms with E-state index in [2.05, 4.69) is 6.92 Å². The number of hydrogen-bond acceptors (Lipinski definition) is 0. The summed E-state index contributed by atoms with van der Waals surface area (Å²) in [4.78, 5) is 0. The minimum absolute atomic E-state index is 0.673. The average Bonchev–Trinajstić information content (AvgIpc) is 2.46. The van der Waals surface area contributed by atoms with Crippen molar-refractivity contribution in [3.63, 3.8) is 0 Å². The van der Waals surface area contributed by atoms with Gasteiger partial charge in [0.1, 0.15) is 0 Å². The van der Waals surface area contributed by atoms with Crippen LogP contribution in [-0.4, -0.2) is 6.54 Å². The summed E-state index contributed by atoms with van der Waals surface area (Å²) < 4.78 is 0. The lowest BCUT2D eigenvalue weighted by atomic mass is 9.81. The minimum atomic E-state index is 0.673. The largest absolute Gasteiger partial charge is 0.258 e. The molecule has 1 rings (SSSR count). The van der Waals surface area contributed by atoms with Gasteiger partial charge in [0.05, 0.1) is 0 Å². The molecule has 1 radical (unpaired) electrons. The van der Waals surface area contributed by atoms with Crippen molar-refractivity contribution in [1.29, 1.82) is 0 Å². The van der Waals surface area contributed by atoms with E-state index >= 15 is 0 Å². The molecule has 1 aliphatic rings.